The Labute approximate surface area is 157 Å². The molecule has 0 saturated carbocycles. The van der Waals surface area contributed by atoms with Crippen molar-refractivity contribution < 1.29 is 4.79 Å². The predicted molar refractivity (Wildman–Crippen MR) is 104 cm³/mol. The van der Waals surface area contributed by atoms with Crippen LogP contribution in [0.25, 0.3) is 0 Å². The van der Waals surface area contributed by atoms with Gasteiger partial charge in [-0.25, -0.2) is 5.01 Å². The van der Waals surface area contributed by atoms with Crippen LogP contribution in [0.5, 0.6) is 0 Å². The fraction of sp³-hybridized carbons (Fsp3) is 0.0909. The number of benzene rings is 3. The van der Waals surface area contributed by atoms with Crippen molar-refractivity contribution in [2.45, 2.75) is 12.5 Å². The highest BCUT2D eigenvalue weighted by molar-refractivity contribution is 6.33. The lowest BCUT2D eigenvalue weighted by Crippen LogP contribution is -2.27. The van der Waals surface area contributed by atoms with E-state index in [4.69, 9.17) is 11.6 Å². The first-order valence-corrected chi connectivity index (χ1v) is 8.88. The summed E-state index contributed by atoms with van der Waals surface area (Å²) in [7, 11) is 0. The van der Waals surface area contributed by atoms with E-state index in [1.54, 1.807) is 17.1 Å². The average molecular weight is 361 g/mol. The van der Waals surface area contributed by atoms with Gasteiger partial charge in [0.15, 0.2) is 0 Å². The van der Waals surface area contributed by atoms with Crippen molar-refractivity contribution in [2.75, 3.05) is 0 Å². The smallest absolute Gasteiger partial charge is 0.267 e. The number of carbonyl (C=O) groups is 1. The number of halogens is 1. The molecule has 1 heterocycles. The maximum atomic E-state index is 13.2. The van der Waals surface area contributed by atoms with E-state index in [1.807, 2.05) is 72.8 Å². The zero-order valence-electron chi connectivity index (χ0n) is 14.0. The van der Waals surface area contributed by atoms with Crippen molar-refractivity contribution >= 4 is 23.2 Å². The van der Waals surface area contributed by atoms with E-state index in [0.29, 0.717) is 17.0 Å². The van der Waals surface area contributed by atoms with Crippen LogP contribution in [-0.4, -0.2) is 16.6 Å². The number of nitrogens with zero attached hydrogens (tertiary/aromatic N) is 2. The highest BCUT2D eigenvalue weighted by Gasteiger charge is 2.34. The second kappa shape index (κ2) is 7.14. The number of rotatable bonds is 3. The standard InChI is InChI=1S/C22H17ClN2O/c23-19-14-8-7-13-18(19)22(26)25-21(17-11-5-2-6-12-17)15-20(24-25)16-9-3-1-4-10-16/h1-14,21H,15H2. The molecule has 1 atom stereocenters. The predicted octanol–water partition coefficient (Wildman–Crippen LogP) is 5.33. The molecule has 0 fully saturated rings. The Morgan fingerprint density at radius 3 is 2.19 bits per heavy atom. The van der Waals surface area contributed by atoms with Gasteiger partial charge in [-0.1, -0.05) is 84.4 Å². The van der Waals surface area contributed by atoms with Gasteiger partial charge in [0.2, 0.25) is 0 Å². The first kappa shape index (κ1) is 16.6. The quantitative estimate of drug-likeness (QED) is 0.621. The molecule has 0 aliphatic carbocycles. The van der Waals surface area contributed by atoms with E-state index < -0.39 is 0 Å². The molecule has 0 saturated heterocycles. The van der Waals surface area contributed by atoms with Gasteiger partial charge in [0.05, 0.1) is 22.3 Å². The summed E-state index contributed by atoms with van der Waals surface area (Å²) < 4.78 is 0. The third kappa shape index (κ3) is 3.14. The molecule has 1 unspecified atom stereocenters. The molecule has 128 valence electrons. The molecule has 0 spiro atoms. The first-order chi connectivity index (χ1) is 12.7. The largest absolute Gasteiger partial charge is 0.276 e. The number of hydrogen-bond acceptors (Lipinski definition) is 2. The summed E-state index contributed by atoms with van der Waals surface area (Å²) in [5, 5.41) is 6.68. The molecular weight excluding hydrogens is 344 g/mol. The summed E-state index contributed by atoms with van der Waals surface area (Å²) in [6.07, 6.45) is 0.671. The third-order valence-electron chi connectivity index (χ3n) is 4.51. The van der Waals surface area contributed by atoms with Gasteiger partial charge in [0.25, 0.3) is 5.91 Å². The van der Waals surface area contributed by atoms with Gasteiger partial charge in [-0.05, 0) is 23.3 Å². The van der Waals surface area contributed by atoms with Crippen LogP contribution in [-0.2, 0) is 0 Å². The lowest BCUT2D eigenvalue weighted by Gasteiger charge is -2.22. The molecule has 0 N–H and O–H groups in total. The van der Waals surface area contributed by atoms with Gasteiger partial charge in [-0.15, -0.1) is 0 Å². The van der Waals surface area contributed by atoms with Crippen molar-refractivity contribution in [3.63, 3.8) is 0 Å². The van der Waals surface area contributed by atoms with Crippen LogP contribution in [0.15, 0.2) is 90.0 Å². The van der Waals surface area contributed by atoms with E-state index in [1.165, 1.54) is 0 Å². The van der Waals surface area contributed by atoms with Crippen molar-refractivity contribution in [3.05, 3.63) is 107 Å². The number of carbonyl (C=O) groups excluding carboxylic acids is 1. The van der Waals surface area contributed by atoms with E-state index >= 15 is 0 Å². The summed E-state index contributed by atoms with van der Waals surface area (Å²) in [5.74, 6) is -0.185. The van der Waals surface area contributed by atoms with Gasteiger partial charge in [0, 0.05) is 6.42 Å². The molecule has 0 aromatic heterocycles. The highest BCUT2D eigenvalue weighted by Crippen LogP contribution is 2.34. The van der Waals surface area contributed by atoms with Crippen molar-refractivity contribution in [3.8, 4) is 0 Å². The van der Waals surface area contributed by atoms with Crippen LogP contribution in [0, 0.1) is 0 Å². The highest BCUT2D eigenvalue weighted by atomic mass is 35.5. The van der Waals surface area contributed by atoms with E-state index in [2.05, 4.69) is 5.10 Å². The molecular formula is C22H17ClN2O. The summed E-state index contributed by atoms with van der Waals surface area (Å²) >= 11 is 6.25. The minimum atomic E-state index is -0.185. The fourth-order valence-corrected chi connectivity index (χ4v) is 3.41. The van der Waals surface area contributed by atoms with Crippen LogP contribution < -0.4 is 0 Å². The van der Waals surface area contributed by atoms with Crippen LogP contribution in [0.2, 0.25) is 5.02 Å². The second-order valence-electron chi connectivity index (χ2n) is 6.17. The summed E-state index contributed by atoms with van der Waals surface area (Å²) in [6.45, 7) is 0. The molecule has 3 aromatic carbocycles. The SMILES string of the molecule is O=C(c1ccccc1Cl)N1N=C(c2ccccc2)CC1c1ccccc1. The Balaban J connectivity index is 1.75. The molecule has 0 radical (unpaired) electrons. The molecule has 3 nitrogen and oxygen atoms in total. The van der Waals surface area contributed by atoms with Crippen molar-refractivity contribution in [1.29, 1.82) is 0 Å². The minimum absolute atomic E-state index is 0.143. The monoisotopic (exact) mass is 360 g/mol. The second-order valence-corrected chi connectivity index (χ2v) is 6.58. The fourth-order valence-electron chi connectivity index (χ4n) is 3.20. The molecule has 0 bridgehead atoms. The van der Waals surface area contributed by atoms with Crippen LogP contribution >= 0.6 is 11.6 Å². The molecule has 4 heteroatoms. The summed E-state index contributed by atoms with van der Waals surface area (Å²) in [5.41, 5.74) is 3.46. The molecule has 3 aromatic rings. The minimum Gasteiger partial charge on any atom is -0.267 e. The van der Waals surface area contributed by atoms with Gasteiger partial charge in [-0.2, -0.15) is 5.10 Å². The maximum absolute atomic E-state index is 13.2. The maximum Gasteiger partial charge on any atom is 0.276 e. The van der Waals surface area contributed by atoms with Crippen LogP contribution in [0.3, 0.4) is 0 Å². The number of hydrogen-bond donors (Lipinski definition) is 0. The third-order valence-corrected chi connectivity index (χ3v) is 4.84. The van der Waals surface area contributed by atoms with Crippen molar-refractivity contribution in [2.24, 2.45) is 5.10 Å². The van der Waals surface area contributed by atoms with Gasteiger partial charge >= 0.3 is 0 Å². The summed E-state index contributed by atoms with van der Waals surface area (Å²) in [4.78, 5) is 13.2. The van der Waals surface area contributed by atoms with Gasteiger partial charge < -0.3 is 0 Å². The Kier molecular flexibility index (Phi) is 4.55. The van der Waals surface area contributed by atoms with E-state index in [0.717, 1.165) is 16.8 Å². The number of hydrazone groups is 1. The van der Waals surface area contributed by atoms with Crippen LogP contribution in [0.4, 0.5) is 0 Å². The Hall–Kier alpha value is -2.91. The summed E-state index contributed by atoms with van der Waals surface area (Å²) in [6, 6.07) is 26.9. The molecule has 1 amide bonds. The zero-order chi connectivity index (χ0) is 17.9. The normalized spacial score (nSPS) is 16.4. The lowest BCUT2D eigenvalue weighted by atomic mass is 9.98. The van der Waals surface area contributed by atoms with Gasteiger partial charge in [0.1, 0.15) is 0 Å². The van der Waals surface area contributed by atoms with E-state index in [-0.39, 0.29) is 11.9 Å². The topological polar surface area (TPSA) is 32.7 Å². The molecule has 4 rings (SSSR count). The first-order valence-electron chi connectivity index (χ1n) is 8.50. The van der Waals surface area contributed by atoms with Crippen molar-refractivity contribution in [1.82, 2.24) is 5.01 Å². The van der Waals surface area contributed by atoms with Gasteiger partial charge in [-0.3, -0.25) is 4.79 Å². The average Bonchev–Trinajstić information content (AvgIpc) is 3.15. The lowest BCUT2D eigenvalue weighted by molar-refractivity contribution is 0.0711. The Morgan fingerprint density at radius 2 is 1.50 bits per heavy atom. The molecule has 1 aliphatic rings. The molecule has 1 aliphatic heterocycles. The zero-order valence-corrected chi connectivity index (χ0v) is 14.8. The van der Waals surface area contributed by atoms with E-state index in [9.17, 15) is 4.79 Å². The molecule has 26 heavy (non-hydrogen) atoms. The number of amides is 1. The van der Waals surface area contributed by atoms with Crippen LogP contribution in [0.1, 0.15) is 33.9 Å². The Morgan fingerprint density at radius 1 is 0.885 bits per heavy atom. The Bertz CT molecular complexity index is 954.